The zero-order chi connectivity index (χ0) is 20.6. The molecule has 0 fully saturated rings. The molecule has 0 saturated heterocycles. The largest absolute Gasteiger partial charge is 0.496 e. The summed E-state index contributed by atoms with van der Waals surface area (Å²) in [4.78, 5) is 17.9. The summed E-state index contributed by atoms with van der Waals surface area (Å²) in [6.07, 6.45) is 0. The number of hydrogen-bond acceptors (Lipinski definition) is 4. The lowest BCUT2D eigenvalue weighted by atomic mass is 10.1. The van der Waals surface area contributed by atoms with Crippen molar-refractivity contribution < 1.29 is 13.9 Å². The molecule has 3 rings (SSSR count). The van der Waals surface area contributed by atoms with E-state index in [0.717, 1.165) is 16.9 Å². The third-order valence-electron chi connectivity index (χ3n) is 4.66. The molecule has 29 heavy (non-hydrogen) atoms. The lowest BCUT2D eigenvalue weighted by molar-refractivity contribution is -0.131. The number of ether oxygens (including phenoxy) is 1. The highest BCUT2D eigenvalue weighted by Crippen LogP contribution is 2.21. The average molecular weight is 413 g/mol. The van der Waals surface area contributed by atoms with Gasteiger partial charge in [0.05, 0.1) is 13.7 Å². The van der Waals surface area contributed by atoms with Crippen molar-refractivity contribution in [2.45, 2.75) is 19.6 Å². The van der Waals surface area contributed by atoms with Gasteiger partial charge in [-0.1, -0.05) is 36.4 Å². The Balaban J connectivity index is 1.69. The Morgan fingerprint density at radius 3 is 2.45 bits per heavy atom. The summed E-state index contributed by atoms with van der Waals surface area (Å²) < 4.78 is 18.6. The van der Waals surface area contributed by atoms with Crippen LogP contribution in [0, 0.1) is 5.82 Å². The molecule has 6 heteroatoms. The van der Waals surface area contributed by atoms with E-state index >= 15 is 0 Å². The van der Waals surface area contributed by atoms with Crippen molar-refractivity contribution in [3.05, 3.63) is 87.9 Å². The third-order valence-corrected chi connectivity index (χ3v) is 5.52. The number of methoxy groups -OCH3 is 1. The van der Waals surface area contributed by atoms with Crippen LogP contribution < -0.4 is 4.74 Å². The Labute approximate surface area is 175 Å². The van der Waals surface area contributed by atoms with Crippen LogP contribution in [0.1, 0.15) is 16.0 Å². The number of benzene rings is 2. The zero-order valence-electron chi connectivity index (χ0n) is 16.7. The lowest BCUT2D eigenvalue weighted by Gasteiger charge is -2.25. The van der Waals surface area contributed by atoms with Crippen LogP contribution in [0.15, 0.2) is 66.0 Å². The van der Waals surface area contributed by atoms with Crippen LogP contribution in [-0.4, -0.2) is 36.4 Å². The van der Waals surface area contributed by atoms with Gasteiger partial charge in [-0.3, -0.25) is 9.69 Å². The Morgan fingerprint density at radius 1 is 1.00 bits per heavy atom. The Morgan fingerprint density at radius 2 is 1.76 bits per heavy atom. The Hall–Kier alpha value is -2.70. The van der Waals surface area contributed by atoms with Crippen molar-refractivity contribution in [1.82, 2.24) is 9.80 Å². The minimum Gasteiger partial charge on any atom is -0.496 e. The summed E-state index contributed by atoms with van der Waals surface area (Å²) in [6, 6.07) is 18.2. The minimum atomic E-state index is -0.276. The number of rotatable bonds is 9. The van der Waals surface area contributed by atoms with Crippen molar-refractivity contribution in [2.24, 2.45) is 0 Å². The van der Waals surface area contributed by atoms with Gasteiger partial charge in [0, 0.05) is 37.1 Å². The molecular formula is C23H25FN2O2S. The van der Waals surface area contributed by atoms with E-state index in [-0.39, 0.29) is 18.3 Å². The predicted octanol–water partition coefficient (Wildman–Crippen LogP) is 4.56. The van der Waals surface area contributed by atoms with E-state index in [9.17, 15) is 9.18 Å². The molecule has 0 atom stereocenters. The average Bonchev–Trinajstić information content (AvgIpc) is 3.23. The number of nitrogens with zero attached hydrogens (tertiary/aromatic N) is 2. The van der Waals surface area contributed by atoms with Crippen LogP contribution in [0.4, 0.5) is 4.39 Å². The van der Waals surface area contributed by atoms with Crippen LogP contribution >= 0.6 is 11.3 Å². The summed E-state index contributed by atoms with van der Waals surface area (Å²) in [5, 5.41) is 2.04. The minimum absolute atomic E-state index is 0.0146. The molecule has 152 valence electrons. The molecule has 0 N–H and O–H groups in total. The molecule has 1 aromatic heterocycles. The number of carbonyl (C=O) groups is 1. The van der Waals surface area contributed by atoms with Crippen LogP contribution in [0.25, 0.3) is 0 Å². The van der Waals surface area contributed by atoms with Gasteiger partial charge in [0.25, 0.3) is 0 Å². The van der Waals surface area contributed by atoms with Crippen LogP contribution in [0.3, 0.4) is 0 Å². The lowest BCUT2D eigenvalue weighted by Crippen LogP contribution is -2.37. The second-order valence-corrected chi connectivity index (χ2v) is 7.94. The monoisotopic (exact) mass is 412 g/mol. The normalized spacial score (nSPS) is 10.9. The van der Waals surface area contributed by atoms with Crippen molar-refractivity contribution >= 4 is 17.2 Å². The number of thiophene rings is 1. The molecule has 0 bridgehead atoms. The van der Waals surface area contributed by atoms with Gasteiger partial charge in [0.1, 0.15) is 11.6 Å². The summed E-state index contributed by atoms with van der Waals surface area (Å²) in [7, 11) is 3.43. The molecule has 2 aromatic carbocycles. The van der Waals surface area contributed by atoms with E-state index in [0.29, 0.717) is 19.6 Å². The van der Waals surface area contributed by atoms with Crippen LogP contribution in [0.5, 0.6) is 5.75 Å². The van der Waals surface area contributed by atoms with E-state index in [1.165, 1.54) is 17.0 Å². The predicted molar refractivity (Wildman–Crippen MR) is 114 cm³/mol. The SMILES string of the molecule is COc1ccccc1CN(CC(=O)N(C)Cc1ccc(F)cc1)Cc1cccs1. The first-order valence-corrected chi connectivity index (χ1v) is 10.3. The van der Waals surface area contributed by atoms with E-state index in [4.69, 9.17) is 4.74 Å². The number of amides is 1. The van der Waals surface area contributed by atoms with Gasteiger partial charge >= 0.3 is 0 Å². The number of hydrogen-bond donors (Lipinski definition) is 0. The van der Waals surface area contributed by atoms with Crippen LogP contribution in [0.2, 0.25) is 0 Å². The first-order chi connectivity index (χ1) is 14.0. The summed E-state index contributed by atoms with van der Waals surface area (Å²) in [5.41, 5.74) is 1.94. The van der Waals surface area contributed by atoms with Gasteiger partial charge in [-0.25, -0.2) is 4.39 Å². The number of likely N-dealkylation sites (N-methyl/N-ethyl adjacent to an activating group) is 1. The van der Waals surface area contributed by atoms with Crippen LogP contribution in [-0.2, 0) is 24.4 Å². The number of para-hydroxylation sites is 1. The van der Waals surface area contributed by atoms with Gasteiger partial charge in [-0.05, 0) is 35.2 Å². The Kier molecular flexibility index (Phi) is 7.38. The van der Waals surface area contributed by atoms with Crippen molar-refractivity contribution in [1.29, 1.82) is 0 Å². The highest BCUT2D eigenvalue weighted by atomic mass is 32.1. The summed E-state index contributed by atoms with van der Waals surface area (Å²) >= 11 is 1.68. The summed E-state index contributed by atoms with van der Waals surface area (Å²) in [6.45, 7) is 2.03. The first kappa shape index (κ1) is 21.0. The highest BCUT2D eigenvalue weighted by Gasteiger charge is 2.17. The standard InChI is InChI=1S/C23H25FN2O2S/c1-25(14-18-9-11-20(24)12-10-18)23(27)17-26(16-21-7-5-13-29-21)15-19-6-3-4-8-22(19)28-2/h3-13H,14-17H2,1-2H3. The number of carbonyl (C=O) groups excluding carboxylic acids is 1. The van der Waals surface area contributed by atoms with Gasteiger partial charge in [0.2, 0.25) is 5.91 Å². The second-order valence-electron chi connectivity index (χ2n) is 6.91. The first-order valence-electron chi connectivity index (χ1n) is 9.40. The molecule has 0 aliphatic carbocycles. The fraction of sp³-hybridized carbons (Fsp3) is 0.261. The van der Waals surface area contributed by atoms with Gasteiger partial charge in [0.15, 0.2) is 0 Å². The maximum atomic E-state index is 13.1. The van der Waals surface area contributed by atoms with E-state index in [1.54, 1.807) is 42.5 Å². The van der Waals surface area contributed by atoms with Gasteiger partial charge in [-0.15, -0.1) is 11.3 Å². The maximum absolute atomic E-state index is 13.1. The van der Waals surface area contributed by atoms with Crippen molar-refractivity contribution in [2.75, 3.05) is 20.7 Å². The van der Waals surface area contributed by atoms with Gasteiger partial charge < -0.3 is 9.64 Å². The molecule has 1 heterocycles. The van der Waals surface area contributed by atoms with Crippen molar-refractivity contribution in [3.63, 3.8) is 0 Å². The molecule has 4 nitrogen and oxygen atoms in total. The highest BCUT2D eigenvalue weighted by molar-refractivity contribution is 7.09. The van der Waals surface area contributed by atoms with Crippen molar-refractivity contribution in [3.8, 4) is 5.75 Å². The van der Waals surface area contributed by atoms with Gasteiger partial charge in [-0.2, -0.15) is 0 Å². The molecule has 0 aliphatic rings. The molecular weight excluding hydrogens is 387 g/mol. The molecule has 0 unspecified atom stereocenters. The molecule has 0 aliphatic heterocycles. The molecule has 3 aromatic rings. The van der Waals surface area contributed by atoms with E-state index < -0.39 is 0 Å². The molecule has 0 spiro atoms. The second kappa shape index (κ2) is 10.2. The zero-order valence-corrected chi connectivity index (χ0v) is 17.5. The smallest absolute Gasteiger partial charge is 0.236 e. The Bertz CT molecular complexity index is 913. The quantitative estimate of drug-likeness (QED) is 0.517. The fourth-order valence-electron chi connectivity index (χ4n) is 3.13. The molecule has 1 amide bonds. The number of halogens is 1. The summed E-state index contributed by atoms with van der Waals surface area (Å²) in [5.74, 6) is 0.554. The van der Waals surface area contributed by atoms with E-state index in [1.807, 2.05) is 35.7 Å². The molecule has 0 saturated carbocycles. The van der Waals surface area contributed by atoms with E-state index in [2.05, 4.69) is 11.0 Å². The fourth-order valence-corrected chi connectivity index (χ4v) is 3.88. The third kappa shape index (κ3) is 6.14. The topological polar surface area (TPSA) is 32.8 Å². The molecule has 0 radical (unpaired) electrons. The maximum Gasteiger partial charge on any atom is 0.236 e.